The van der Waals surface area contributed by atoms with Gasteiger partial charge in [-0.15, -0.1) is 0 Å². The molecule has 2 aromatic heterocycles. The predicted molar refractivity (Wildman–Crippen MR) is 136 cm³/mol. The molecule has 0 bridgehead atoms. The molecule has 2 heterocycles. The summed E-state index contributed by atoms with van der Waals surface area (Å²) in [6.07, 6.45) is 4.71. The highest BCUT2D eigenvalue weighted by Crippen LogP contribution is 2.57. The fourth-order valence-corrected chi connectivity index (χ4v) is 4.38. The number of carbonyl (C=O) groups excluding carboxylic acids is 3. The number of esters is 1. The number of nitrogens with zero attached hydrogens (tertiary/aromatic N) is 4. The van der Waals surface area contributed by atoms with Gasteiger partial charge in [0, 0.05) is 18.9 Å². The van der Waals surface area contributed by atoms with Gasteiger partial charge in [-0.1, -0.05) is 13.0 Å². The van der Waals surface area contributed by atoms with Gasteiger partial charge in [-0.05, 0) is 78.4 Å². The van der Waals surface area contributed by atoms with E-state index in [2.05, 4.69) is 9.97 Å². The average Bonchev–Trinajstić information content (AvgIpc) is 3.27. The van der Waals surface area contributed by atoms with Crippen molar-refractivity contribution in [3.63, 3.8) is 0 Å². The summed E-state index contributed by atoms with van der Waals surface area (Å²) >= 11 is 0. The lowest BCUT2D eigenvalue weighted by molar-refractivity contribution is -0.144. The lowest BCUT2D eigenvalue weighted by Gasteiger charge is -2.30. The molecule has 0 spiro atoms. The SMILES string of the molecule is COC(=O)C1(c2cn(-c3ccccn3)cn2)C[C@@H]1C[C@H](C)CN(C(=O)OC(C)(C)C)C(=O)OC(C)(C)C. The van der Waals surface area contributed by atoms with E-state index in [1.165, 1.54) is 7.11 Å². The molecule has 1 aliphatic carbocycles. The highest BCUT2D eigenvalue weighted by molar-refractivity contribution is 5.88. The highest BCUT2D eigenvalue weighted by Gasteiger charge is 2.63. The second-order valence-electron chi connectivity index (χ2n) is 11.6. The van der Waals surface area contributed by atoms with Crippen molar-refractivity contribution in [1.82, 2.24) is 19.4 Å². The fourth-order valence-electron chi connectivity index (χ4n) is 4.38. The van der Waals surface area contributed by atoms with Crippen LogP contribution in [-0.2, 0) is 24.4 Å². The molecule has 1 fully saturated rings. The Kier molecular flexibility index (Phi) is 8.00. The van der Waals surface area contributed by atoms with Gasteiger partial charge in [0.25, 0.3) is 0 Å². The molecule has 0 N–H and O–H groups in total. The zero-order chi connectivity index (χ0) is 27.6. The van der Waals surface area contributed by atoms with Gasteiger partial charge in [-0.3, -0.25) is 9.36 Å². The van der Waals surface area contributed by atoms with Crippen molar-refractivity contribution < 1.29 is 28.6 Å². The van der Waals surface area contributed by atoms with Crippen molar-refractivity contribution in [3.05, 3.63) is 42.6 Å². The lowest BCUT2D eigenvalue weighted by Crippen LogP contribution is -2.45. The maximum atomic E-state index is 12.9. The maximum Gasteiger partial charge on any atom is 0.419 e. The van der Waals surface area contributed by atoms with E-state index >= 15 is 0 Å². The van der Waals surface area contributed by atoms with Crippen LogP contribution in [0.1, 0.15) is 67.0 Å². The number of hydrogen-bond donors (Lipinski definition) is 0. The standard InChI is InChI=1S/C27H38N4O6/c1-18(15-31(23(33)36-25(2,3)4)24(34)37-26(5,6)7)13-19-14-27(19,22(32)35-8)20-16-30(17-29-20)21-11-9-10-12-28-21/h9-12,16-19H,13-15H2,1-8H3/t18-,19-,27?/m0/s1. The molecule has 202 valence electrons. The monoisotopic (exact) mass is 514 g/mol. The molecular weight excluding hydrogens is 476 g/mol. The number of methoxy groups -OCH3 is 1. The highest BCUT2D eigenvalue weighted by atomic mass is 16.6. The Morgan fingerprint density at radius 2 is 1.70 bits per heavy atom. The Morgan fingerprint density at radius 1 is 1.08 bits per heavy atom. The van der Waals surface area contributed by atoms with Crippen molar-refractivity contribution in [3.8, 4) is 5.82 Å². The molecular formula is C27H38N4O6. The minimum Gasteiger partial charge on any atom is -0.468 e. The molecule has 0 saturated heterocycles. The van der Waals surface area contributed by atoms with Crippen molar-refractivity contribution in [2.24, 2.45) is 11.8 Å². The zero-order valence-electron chi connectivity index (χ0n) is 23.0. The molecule has 10 heteroatoms. The summed E-state index contributed by atoms with van der Waals surface area (Å²) < 4.78 is 17.9. The first-order chi connectivity index (χ1) is 17.2. The molecule has 3 atom stereocenters. The van der Waals surface area contributed by atoms with E-state index in [0.29, 0.717) is 24.4 Å². The smallest absolute Gasteiger partial charge is 0.419 e. The van der Waals surface area contributed by atoms with E-state index in [9.17, 15) is 14.4 Å². The van der Waals surface area contributed by atoms with Gasteiger partial charge in [0.1, 0.15) is 28.8 Å². The lowest BCUT2D eigenvalue weighted by atomic mass is 9.94. The first-order valence-corrected chi connectivity index (χ1v) is 12.4. The Bertz CT molecular complexity index is 1090. The Morgan fingerprint density at radius 3 is 2.22 bits per heavy atom. The van der Waals surface area contributed by atoms with Gasteiger partial charge in [0.15, 0.2) is 0 Å². The maximum absolute atomic E-state index is 12.9. The van der Waals surface area contributed by atoms with Crippen LogP contribution in [0.4, 0.5) is 9.59 Å². The van der Waals surface area contributed by atoms with E-state index in [4.69, 9.17) is 14.2 Å². The first kappa shape index (κ1) is 28.1. The Balaban J connectivity index is 1.77. The molecule has 37 heavy (non-hydrogen) atoms. The van der Waals surface area contributed by atoms with Crippen LogP contribution >= 0.6 is 0 Å². The number of pyridine rings is 1. The second-order valence-corrected chi connectivity index (χ2v) is 11.6. The van der Waals surface area contributed by atoms with E-state index in [0.717, 1.165) is 4.90 Å². The van der Waals surface area contributed by atoms with Gasteiger partial charge in [-0.2, -0.15) is 0 Å². The van der Waals surface area contributed by atoms with Gasteiger partial charge in [0.2, 0.25) is 0 Å². The van der Waals surface area contributed by atoms with Crippen LogP contribution in [0, 0.1) is 11.8 Å². The normalized spacial score (nSPS) is 20.1. The van der Waals surface area contributed by atoms with E-state index in [1.54, 1.807) is 64.8 Å². The van der Waals surface area contributed by atoms with E-state index < -0.39 is 28.8 Å². The second kappa shape index (κ2) is 10.5. The predicted octanol–water partition coefficient (Wildman–Crippen LogP) is 4.90. The number of ether oxygens (including phenoxy) is 3. The molecule has 2 aromatic rings. The van der Waals surface area contributed by atoms with E-state index in [1.807, 2.05) is 25.1 Å². The van der Waals surface area contributed by atoms with Crippen molar-refractivity contribution in [1.29, 1.82) is 0 Å². The van der Waals surface area contributed by atoms with Gasteiger partial charge >= 0.3 is 18.2 Å². The quantitative estimate of drug-likeness (QED) is 0.379. The summed E-state index contributed by atoms with van der Waals surface area (Å²) in [6, 6.07) is 5.55. The molecule has 2 amide bonds. The minimum absolute atomic E-state index is 0.0684. The topological polar surface area (TPSA) is 113 Å². The first-order valence-electron chi connectivity index (χ1n) is 12.4. The van der Waals surface area contributed by atoms with Crippen LogP contribution in [0.5, 0.6) is 0 Å². The summed E-state index contributed by atoms with van der Waals surface area (Å²) in [7, 11) is 1.37. The largest absolute Gasteiger partial charge is 0.468 e. The van der Waals surface area contributed by atoms with Crippen LogP contribution in [0.25, 0.3) is 5.82 Å². The molecule has 1 saturated carbocycles. The third kappa shape index (κ3) is 6.87. The summed E-state index contributed by atoms with van der Waals surface area (Å²) in [4.78, 5) is 48.5. The molecule has 3 rings (SSSR count). The van der Waals surface area contributed by atoms with E-state index in [-0.39, 0.29) is 24.3 Å². The number of hydrogen-bond acceptors (Lipinski definition) is 8. The average molecular weight is 515 g/mol. The van der Waals surface area contributed by atoms with Crippen molar-refractivity contribution in [2.45, 2.75) is 77.9 Å². The number of carbonyl (C=O) groups is 3. The summed E-state index contributed by atoms with van der Waals surface area (Å²) in [6.45, 7) is 12.4. The van der Waals surface area contributed by atoms with Crippen LogP contribution in [0.15, 0.2) is 36.9 Å². The molecule has 0 aliphatic heterocycles. The molecule has 1 aliphatic rings. The van der Waals surface area contributed by atoms with Crippen LogP contribution < -0.4 is 0 Å². The van der Waals surface area contributed by atoms with Crippen LogP contribution in [0.3, 0.4) is 0 Å². The molecule has 0 radical (unpaired) electrons. The van der Waals surface area contributed by atoms with Crippen LogP contribution in [-0.4, -0.2) is 62.4 Å². The number of imide groups is 1. The van der Waals surface area contributed by atoms with Gasteiger partial charge in [0.05, 0.1) is 12.8 Å². The molecule has 0 aromatic carbocycles. The molecule has 1 unspecified atom stereocenters. The third-order valence-electron chi connectivity index (χ3n) is 6.02. The number of imidazole rings is 1. The Labute approximate surface area is 218 Å². The fraction of sp³-hybridized carbons (Fsp3) is 0.593. The third-order valence-corrected chi connectivity index (χ3v) is 6.02. The number of amides is 2. The summed E-state index contributed by atoms with van der Waals surface area (Å²) in [5.41, 5.74) is -1.82. The Hall–Kier alpha value is -3.43. The van der Waals surface area contributed by atoms with Gasteiger partial charge in [-0.25, -0.2) is 24.5 Å². The number of aromatic nitrogens is 3. The zero-order valence-corrected chi connectivity index (χ0v) is 23.0. The summed E-state index contributed by atoms with van der Waals surface area (Å²) in [5, 5.41) is 0. The minimum atomic E-state index is -0.883. The summed E-state index contributed by atoms with van der Waals surface area (Å²) in [5.74, 6) is 0.125. The van der Waals surface area contributed by atoms with Gasteiger partial charge < -0.3 is 14.2 Å². The van der Waals surface area contributed by atoms with Crippen LogP contribution in [0.2, 0.25) is 0 Å². The molecule has 10 nitrogen and oxygen atoms in total. The number of rotatable bonds is 7. The van der Waals surface area contributed by atoms with Crippen molar-refractivity contribution >= 4 is 18.2 Å². The van der Waals surface area contributed by atoms with Crippen molar-refractivity contribution in [2.75, 3.05) is 13.7 Å².